The Bertz CT molecular complexity index is 683. The van der Waals surface area contributed by atoms with Crippen LogP contribution in [0, 0.1) is 11.6 Å². The van der Waals surface area contributed by atoms with Gasteiger partial charge in [-0.3, -0.25) is 14.7 Å². The van der Waals surface area contributed by atoms with Crippen LogP contribution in [0.4, 0.5) is 14.5 Å². The van der Waals surface area contributed by atoms with E-state index < -0.39 is 17.7 Å². The molecule has 1 amide bonds. The number of aliphatic hydroxyl groups excluding tert-OH is 1. The number of rotatable bonds is 7. The summed E-state index contributed by atoms with van der Waals surface area (Å²) < 4.78 is 26.2. The minimum absolute atomic E-state index is 0.108. The Hall–Kier alpha value is -2.38. The van der Waals surface area contributed by atoms with E-state index in [1.807, 2.05) is 6.07 Å². The van der Waals surface area contributed by atoms with E-state index in [1.54, 1.807) is 30.3 Å². The number of anilines is 1. The summed E-state index contributed by atoms with van der Waals surface area (Å²) in [6.07, 6.45) is 3.34. The zero-order valence-electron chi connectivity index (χ0n) is 13.2. The second-order valence-corrected chi connectivity index (χ2v) is 5.35. The summed E-state index contributed by atoms with van der Waals surface area (Å²) in [5.41, 5.74) is 1.08. The molecule has 0 bridgehead atoms. The first-order chi connectivity index (χ1) is 11.5. The third-order valence-corrected chi connectivity index (χ3v) is 3.61. The number of aromatic nitrogens is 1. The molecule has 0 saturated carbocycles. The molecule has 1 heterocycles. The highest BCUT2D eigenvalue weighted by molar-refractivity contribution is 5.94. The van der Waals surface area contributed by atoms with Crippen LogP contribution in [0.25, 0.3) is 0 Å². The molecule has 2 N–H and O–H groups in total. The van der Waals surface area contributed by atoms with E-state index in [0.717, 1.165) is 17.7 Å². The van der Waals surface area contributed by atoms with Gasteiger partial charge in [0.2, 0.25) is 5.91 Å². The molecular formula is C17H19F2N3O2. The lowest BCUT2D eigenvalue weighted by Crippen LogP contribution is -2.43. The Kier molecular flexibility index (Phi) is 6.34. The van der Waals surface area contributed by atoms with Gasteiger partial charge in [0.25, 0.3) is 0 Å². The maximum atomic E-state index is 13.2. The van der Waals surface area contributed by atoms with Gasteiger partial charge in [-0.15, -0.1) is 0 Å². The predicted molar refractivity (Wildman–Crippen MR) is 86.2 cm³/mol. The summed E-state index contributed by atoms with van der Waals surface area (Å²) >= 11 is 0. The number of nitrogens with one attached hydrogen (secondary N) is 1. The molecule has 24 heavy (non-hydrogen) atoms. The van der Waals surface area contributed by atoms with Crippen LogP contribution in [-0.2, 0) is 11.3 Å². The van der Waals surface area contributed by atoms with E-state index in [4.69, 9.17) is 0 Å². The smallest absolute Gasteiger partial charge is 0.241 e. The van der Waals surface area contributed by atoms with Crippen LogP contribution in [-0.4, -0.2) is 40.1 Å². The highest BCUT2D eigenvalue weighted by atomic mass is 19.2. The van der Waals surface area contributed by atoms with E-state index in [0.29, 0.717) is 13.1 Å². The van der Waals surface area contributed by atoms with Crippen molar-refractivity contribution in [2.45, 2.75) is 19.5 Å². The number of aliphatic hydroxyl groups is 1. The van der Waals surface area contributed by atoms with E-state index >= 15 is 0 Å². The van der Waals surface area contributed by atoms with Gasteiger partial charge in [-0.25, -0.2) is 8.78 Å². The van der Waals surface area contributed by atoms with E-state index in [2.05, 4.69) is 10.3 Å². The summed E-state index contributed by atoms with van der Waals surface area (Å²) in [7, 11) is 0. The molecule has 1 aromatic heterocycles. The van der Waals surface area contributed by atoms with Crippen molar-refractivity contribution in [3.63, 3.8) is 0 Å². The lowest BCUT2D eigenvalue weighted by atomic mass is 10.2. The van der Waals surface area contributed by atoms with Gasteiger partial charge >= 0.3 is 0 Å². The summed E-state index contributed by atoms with van der Waals surface area (Å²) in [4.78, 5) is 18.1. The van der Waals surface area contributed by atoms with E-state index in [-0.39, 0.29) is 18.2 Å². The Morgan fingerprint density at radius 1 is 1.33 bits per heavy atom. The fourth-order valence-corrected chi connectivity index (χ4v) is 2.25. The average molecular weight is 335 g/mol. The molecule has 0 spiro atoms. The Morgan fingerprint density at radius 3 is 2.75 bits per heavy atom. The van der Waals surface area contributed by atoms with Crippen LogP contribution in [0.5, 0.6) is 0 Å². The minimum atomic E-state index is -1.02. The second kappa shape index (κ2) is 8.47. The molecule has 0 saturated heterocycles. The van der Waals surface area contributed by atoms with Gasteiger partial charge in [0.15, 0.2) is 11.6 Å². The van der Waals surface area contributed by atoms with Crippen molar-refractivity contribution in [3.8, 4) is 0 Å². The molecule has 0 aliphatic rings. The largest absolute Gasteiger partial charge is 0.395 e. The standard InChI is InChI=1S/C17H19F2N3O2/c1-12(17(24)21-14-4-5-15(18)16(19)9-14)22(7-8-23)11-13-3-2-6-20-10-13/h2-6,9-10,12,23H,7-8,11H2,1H3,(H,21,24). The molecule has 1 unspecified atom stereocenters. The molecule has 0 aliphatic carbocycles. The van der Waals surface area contributed by atoms with Crippen molar-refractivity contribution in [3.05, 3.63) is 59.9 Å². The number of carbonyl (C=O) groups excluding carboxylic acids is 1. The van der Waals surface area contributed by atoms with Crippen molar-refractivity contribution in [2.75, 3.05) is 18.5 Å². The van der Waals surface area contributed by atoms with Gasteiger partial charge in [0.1, 0.15) is 0 Å². The monoisotopic (exact) mass is 335 g/mol. The second-order valence-electron chi connectivity index (χ2n) is 5.35. The van der Waals surface area contributed by atoms with Gasteiger partial charge in [-0.2, -0.15) is 0 Å². The molecule has 2 rings (SSSR count). The summed E-state index contributed by atoms with van der Waals surface area (Å²) in [5.74, 6) is -2.37. The van der Waals surface area contributed by atoms with Crippen molar-refractivity contribution in [1.29, 1.82) is 0 Å². The molecule has 7 heteroatoms. The third-order valence-electron chi connectivity index (χ3n) is 3.61. The Morgan fingerprint density at radius 2 is 2.12 bits per heavy atom. The lowest BCUT2D eigenvalue weighted by molar-refractivity contribution is -0.121. The molecule has 128 valence electrons. The summed E-state index contributed by atoms with van der Waals surface area (Å²) in [6.45, 7) is 2.30. The Labute approximate surface area is 138 Å². The van der Waals surface area contributed by atoms with Crippen molar-refractivity contribution >= 4 is 11.6 Å². The highest BCUT2D eigenvalue weighted by Gasteiger charge is 2.21. The average Bonchev–Trinajstić information content (AvgIpc) is 2.58. The molecule has 5 nitrogen and oxygen atoms in total. The molecule has 0 radical (unpaired) electrons. The third kappa shape index (κ3) is 4.81. The summed E-state index contributed by atoms with van der Waals surface area (Å²) in [5, 5.41) is 11.8. The molecule has 1 aromatic carbocycles. The first kappa shape index (κ1) is 18.0. The van der Waals surface area contributed by atoms with Crippen LogP contribution < -0.4 is 5.32 Å². The number of carbonyl (C=O) groups is 1. The van der Waals surface area contributed by atoms with E-state index in [9.17, 15) is 18.7 Å². The number of nitrogens with zero attached hydrogens (tertiary/aromatic N) is 2. The normalized spacial score (nSPS) is 12.2. The molecule has 0 aliphatic heterocycles. The number of amides is 1. The quantitative estimate of drug-likeness (QED) is 0.814. The van der Waals surface area contributed by atoms with Crippen molar-refractivity contribution in [1.82, 2.24) is 9.88 Å². The SMILES string of the molecule is CC(C(=O)Nc1ccc(F)c(F)c1)N(CCO)Cc1cccnc1. The fraction of sp³-hybridized carbons (Fsp3) is 0.294. The van der Waals surface area contributed by atoms with Crippen molar-refractivity contribution in [2.24, 2.45) is 0 Å². The molecule has 1 atom stereocenters. The lowest BCUT2D eigenvalue weighted by Gasteiger charge is -2.27. The van der Waals surface area contributed by atoms with Crippen LogP contribution in [0.15, 0.2) is 42.7 Å². The predicted octanol–water partition coefficient (Wildman–Crippen LogP) is 2.18. The van der Waals surface area contributed by atoms with Crippen LogP contribution in [0.2, 0.25) is 0 Å². The number of halogens is 2. The van der Waals surface area contributed by atoms with Gasteiger partial charge in [-0.05, 0) is 30.7 Å². The maximum absolute atomic E-state index is 13.2. The zero-order valence-corrected chi connectivity index (χ0v) is 13.2. The molecule has 0 fully saturated rings. The first-order valence-electron chi connectivity index (χ1n) is 7.51. The fourth-order valence-electron chi connectivity index (χ4n) is 2.25. The Balaban J connectivity index is 2.05. The van der Waals surface area contributed by atoms with Gasteiger partial charge in [0.05, 0.1) is 12.6 Å². The number of pyridine rings is 1. The highest BCUT2D eigenvalue weighted by Crippen LogP contribution is 2.15. The number of hydrogen-bond acceptors (Lipinski definition) is 4. The number of hydrogen-bond donors (Lipinski definition) is 2. The van der Waals surface area contributed by atoms with Gasteiger partial charge < -0.3 is 10.4 Å². The molecule has 2 aromatic rings. The van der Waals surface area contributed by atoms with E-state index in [1.165, 1.54) is 6.07 Å². The maximum Gasteiger partial charge on any atom is 0.241 e. The molecular weight excluding hydrogens is 316 g/mol. The first-order valence-corrected chi connectivity index (χ1v) is 7.51. The number of benzene rings is 1. The van der Waals surface area contributed by atoms with Gasteiger partial charge in [-0.1, -0.05) is 6.07 Å². The van der Waals surface area contributed by atoms with Crippen LogP contribution >= 0.6 is 0 Å². The minimum Gasteiger partial charge on any atom is -0.395 e. The van der Waals surface area contributed by atoms with Crippen LogP contribution in [0.1, 0.15) is 12.5 Å². The topological polar surface area (TPSA) is 65.5 Å². The summed E-state index contributed by atoms with van der Waals surface area (Å²) in [6, 6.07) is 6.26. The van der Waals surface area contributed by atoms with Crippen molar-refractivity contribution < 1.29 is 18.7 Å². The van der Waals surface area contributed by atoms with Gasteiger partial charge in [0, 0.05) is 37.2 Å². The van der Waals surface area contributed by atoms with Crippen LogP contribution in [0.3, 0.4) is 0 Å². The zero-order chi connectivity index (χ0) is 17.5.